The van der Waals surface area contributed by atoms with Crippen LogP contribution in [0.2, 0.25) is 0 Å². The highest BCUT2D eigenvalue weighted by molar-refractivity contribution is 5.72. The van der Waals surface area contributed by atoms with Crippen LogP contribution in [-0.4, -0.2) is 22.4 Å². The van der Waals surface area contributed by atoms with E-state index in [-0.39, 0.29) is 12.4 Å². The fourth-order valence-electron chi connectivity index (χ4n) is 2.28. The summed E-state index contributed by atoms with van der Waals surface area (Å²) in [6, 6.07) is 7.58. The van der Waals surface area contributed by atoms with Gasteiger partial charge in [0.05, 0.1) is 30.6 Å². The van der Waals surface area contributed by atoms with E-state index in [0.717, 1.165) is 16.1 Å². The van der Waals surface area contributed by atoms with Crippen LogP contribution in [0, 0.1) is 0 Å². The van der Waals surface area contributed by atoms with E-state index in [1.807, 2.05) is 30.3 Å². The van der Waals surface area contributed by atoms with E-state index in [4.69, 9.17) is 10.5 Å². The minimum atomic E-state index is -0.302. The van der Waals surface area contributed by atoms with Gasteiger partial charge in [-0.1, -0.05) is 37.4 Å². The predicted octanol–water partition coefficient (Wildman–Crippen LogP) is 0.996. The molecule has 0 bridgehead atoms. The summed E-state index contributed by atoms with van der Waals surface area (Å²) < 4.78 is 6.77. The molecule has 0 amide bonds. The Labute approximate surface area is 135 Å². The lowest BCUT2D eigenvalue weighted by Gasteiger charge is -2.03. The molecule has 2 rings (SSSR count). The van der Waals surface area contributed by atoms with Crippen LogP contribution in [0.15, 0.2) is 36.9 Å². The maximum absolute atomic E-state index is 11.7. The Morgan fingerprint density at radius 2 is 2.09 bits per heavy atom. The molecule has 5 heteroatoms. The predicted molar refractivity (Wildman–Crippen MR) is 92.0 cm³/mol. The van der Waals surface area contributed by atoms with Gasteiger partial charge in [0.2, 0.25) is 0 Å². The van der Waals surface area contributed by atoms with E-state index in [1.54, 1.807) is 17.7 Å². The van der Waals surface area contributed by atoms with Gasteiger partial charge < -0.3 is 10.5 Å². The van der Waals surface area contributed by atoms with Crippen LogP contribution in [0.3, 0.4) is 0 Å². The maximum atomic E-state index is 11.7. The number of benzene rings is 1. The molecular weight excluding hydrogens is 290 g/mol. The Hall–Kier alpha value is -2.82. The van der Waals surface area contributed by atoms with Gasteiger partial charge in [0, 0.05) is 10.9 Å². The summed E-state index contributed by atoms with van der Waals surface area (Å²) in [5, 5.41) is 6.06. The molecule has 1 heterocycles. The molecule has 0 aliphatic rings. The van der Waals surface area contributed by atoms with Crippen LogP contribution in [0.5, 0.6) is 0 Å². The van der Waals surface area contributed by atoms with Crippen molar-refractivity contribution in [3.8, 4) is 0 Å². The first-order valence-electron chi connectivity index (χ1n) is 7.42. The molecule has 0 fully saturated rings. The summed E-state index contributed by atoms with van der Waals surface area (Å²) in [7, 11) is 0. The van der Waals surface area contributed by atoms with Crippen molar-refractivity contribution in [2.24, 2.45) is 0 Å². The van der Waals surface area contributed by atoms with Crippen LogP contribution < -0.4 is 16.3 Å². The molecule has 0 aliphatic carbocycles. The standard InChI is InChI=1S/C18H21N3O2/c1-4-6-16-13(3)21(12-14-7-9-15(19)10-8-14)20-17(16)11-18(22)23-5-2/h4,6-10H,1,3,5,11-12,19H2,2H3/b16-6+. The van der Waals surface area contributed by atoms with E-state index in [0.29, 0.717) is 24.5 Å². The average molecular weight is 311 g/mol. The van der Waals surface area contributed by atoms with Crippen molar-refractivity contribution in [3.05, 3.63) is 58.7 Å². The van der Waals surface area contributed by atoms with Crippen LogP contribution in [0.25, 0.3) is 12.7 Å². The number of nitrogen functional groups attached to an aromatic ring is 1. The highest BCUT2D eigenvalue weighted by atomic mass is 16.5. The zero-order valence-corrected chi connectivity index (χ0v) is 13.3. The Balaban J connectivity index is 2.35. The summed E-state index contributed by atoms with van der Waals surface area (Å²) >= 11 is 0. The fraction of sp³-hybridized carbons (Fsp3) is 0.222. The van der Waals surface area contributed by atoms with Gasteiger partial charge >= 0.3 is 5.97 Å². The molecule has 0 unspecified atom stereocenters. The van der Waals surface area contributed by atoms with E-state index in [9.17, 15) is 4.79 Å². The smallest absolute Gasteiger partial charge is 0.311 e. The molecule has 0 saturated carbocycles. The lowest BCUT2D eigenvalue weighted by Crippen LogP contribution is -2.29. The average Bonchev–Trinajstić information content (AvgIpc) is 2.79. The highest BCUT2D eigenvalue weighted by Crippen LogP contribution is 2.06. The molecule has 2 N–H and O–H groups in total. The maximum Gasteiger partial charge on any atom is 0.311 e. The minimum absolute atomic E-state index is 0.116. The quantitative estimate of drug-likeness (QED) is 0.638. The first-order valence-corrected chi connectivity index (χ1v) is 7.42. The largest absolute Gasteiger partial charge is 0.466 e. The third-order valence-corrected chi connectivity index (χ3v) is 3.39. The molecule has 120 valence electrons. The van der Waals surface area contributed by atoms with Gasteiger partial charge in [0.25, 0.3) is 0 Å². The normalized spacial score (nSPS) is 11.4. The van der Waals surface area contributed by atoms with Gasteiger partial charge in [-0.05, 0) is 24.6 Å². The molecule has 0 radical (unpaired) electrons. The summed E-state index contributed by atoms with van der Waals surface area (Å²) in [5.74, 6) is -0.302. The molecule has 5 nitrogen and oxygen atoms in total. The number of carbonyl (C=O) groups excluding carboxylic acids is 1. The monoisotopic (exact) mass is 311 g/mol. The second-order valence-electron chi connectivity index (χ2n) is 5.09. The van der Waals surface area contributed by atoms with E-state index >= 15 is 0 Å². The molecule has 1 aromatic heterocycles. The molecular formula is C18H21N3O2. The number of carbonyl (C=O) groups is 1. The summed E-state index contributed by atoms with van der Waals surface area (Å²) in [5.41, 5.74) is 8.11. The molecule has 23 heavy (non-hydrogen) atoms. The lowest BCUT2D eigenvalue weighted by molar-refractivity contribution is -0.142. The Morgan fingerprint density at radius 3 is 2.70 bits per heavy atom. The topological polar surface area (TPSA) is 70.1 Å². The molecule has 0 atom stereocenters. The van der Waals surface area contributed by atoms with Crippen LogP contribution in [-0.2, 0) is 22.5 Å². The Morgan fingerprint density at radius 1 is 1.39 bits per heavy atom. The number of hydrogen-bond acceptors (Lipinski definition) is 4. The second kappa shape index (κ2) is 7.45. The number of anilines is 1. The van der Waals surface area contributed by atoms with Crippen molar-refractivity contribution < 1.29 is 9.53 Å². The summed E-state index contributed by atoms with van der Waals surface area (Å²) in [4.78, 5) is 11.7. The van der Waals surface area contributed by atoms with E-state index in [1.165, 1.54) is 0 Å². The van der Waals surface area contributed by atoms with Gasteiger partial charge in [-0.2, -0.15) is 5.10 Å². The molecule has 2 aromatic rings. The minimum Gasteiger partial charge on any atom is -0.466 e. The number of ether oxygens (including phenoxy) is 1. The van der Waals surface area contributed by atoms with E-state index in [2.05, 4.69) is 18.3 Å². The van der Waals surface area contributed by atoms with Gasteiger partial charge in [0.1, 0.15) is 0 Å². The third-order valence-electron chi connectivity index (χ3n) is 3.39. The molecule has 0 aliphatic heterocycles. The van der Waals surface area contributed by atoms with Crippen LogP contribution >= 0.6 is 0 Å². The third kappa shape index (κ3) is 4.10. The molecule has 1 aromatic carbocycles. The second-order valence-corrected chi connectivity index (χ2v) is 5.09. The van der Waals surface area contributed by atoms with Gasteiger partial charge in [-0.15, -0.1) is 0 Å². The van der Waals surface area contributed by atoms with Crippen molar-refractivity contribution in [3.63, 3.8) is 0 Å². The first kappa shape index (κ1) is 16.5. The fourth-order valence-corrected chi connectivity index (χ4v) is 2.28. The van der Waals surface area contributed by atoms with Crippen molar-refractivity contribution in [1.82, 2.24) is 9.78 Å². The van der Waals surface area contributed by atoms with Crippen molar-refractivity contribution >= 4 is 24.3 Å². The number of nitrogens with zero attached hydrogens (tertiary/aromatic N) is 2. The number of allylic oxidation sites excluding steroid dienone is 1. The Bertz CT molecular complexity index is 804. The number of esters is 1. The SMILES string of the molecule is C=C/C=c1/c(CC(=O)OCC)nn(Cc2ccc(N)cc2)c1=C. The number of hydrogen-bond donors (Lipinski definition) is 1. The van der Waals surface area contributed by atoms with Crippen LogP contribution in [0.1, 0.15) is 18.2 Å². The Kier molecular flexibility index (Phi) is 5.36. The van der Waals surface area contributed by atoms with Crippen molar-refractivity contribution in [2.45, 2.75) is 19.9 Å². The number of rotatable bonds is 6. The molecule has 0 saturated heterocycles. The van der Waals surface area contributed by atoms with Crippen LogP contribution in [0.4, 0.5) is 5.69 Å². The zero-order chi connectivity index (χ0) is 16.8. The molecule has 0 spiro atoms. The lowest BCUT2D eigenvalue weighted by atomic mass is 10.2. The summed E-state index contributed by atoms with van der Waals surface area (Å²) in [6.07, 6.45) is 3.59. The van der Waals surface area contributed by atoms with Gasteiger partial charge in [-0.25, -0.2) is 0 Å². The highest BCUT2D eigenvalue weighted by Gasteiger charge is 2.11. The van der Waals surface area contributed by atoms with Crippen molar-refractivity contribution in [2.75, 3.05) is 12.3 Å². The van der Waals surface area contributed by atoms with E-state index < -0.39 is 0 Å². The first-order chi connectivity index (χ1) is 11.0. The number of nitrogens with two attached hydrogens (primary N) is 1. The van der Waals surface area contributed by atoms with Crippen molar-refractivity contribution in [1.29, 1.82) is 0 Å². The number of aromatic nitrogens is 2. The zero-order valence-electron chi connectivity index (χ0n) is 13.3. The van der Waals surface area contributed by atoms with Gasteiger partial charge in [0.15, 0.2) is 0 Å². The van der Waals surface area contributed by atoms with Gasteiger partial charge in [-0.3, -0.25) is 9.48 Å². The summed E-state index contributed by atoms with van der Waals surface area (Å²) in [6.45, 7) is 10.5.